The minimum absolute atomic E-state index is 0.295. The molecule has 2 aromatic carbocycles. The second-order valence-electron chi connectivity index (χ2n) is 6.55. The third-order valence-corrected chi connectivity index (χ3v) is 4.43. The number of amides is 1. The zero-order valence-corrected chi connectivity index (χ0v) is 16.1. The third-order valence-electron chi connectivity index (χ3n) is 4.43. The SMILES string of the molecule is Cc1nc(NCCNC(=O)c2ccc(F)cc2)c2cnn(-c3ccccc3F)c2n1. The second kappa shape index (κ2) is 8.24. The molecule has 0 bridgehead atoms. The van der Waals surface area contributed by atoms with Crippen molar-refractivity contribution in [2.24, 2.45) is 0 Å². The Morgan fingerprint density at radius 3 is 2.57 bits per heavy atom. The van der Waals surface area contributed by atoms with Gasteiger partial charge in [0, 0.05) is 18.7 Å². The second-order valence-corrected chi connectivity index (χ2v) is 6.55. The van der Waals surface area contributed by atoms with Gasteiger partial charge < -0.3 is 10.6 Å². The summed E-state index contributed by atoms with van der Waals surface area (Å²) in [6.45, 7) is 2.45. The van der Waals surface area contributed by atoms with Crippen LogP contribution in [0, 0.1) is 18.6 Å². The summed E-state index contributed by atoms with van der Waals surface area (Å²) in [5, 5.41) is 10.8. The lowest BCUT2D eigenvalue weighted by molar-refractivity contribution is 0.0955. The summed E-state index contributed by atoms with van der Waals surface area (Å²) in [6.07, 6.45) is 1.57. The molecule has 7 nitrogen and oxygen atoms in total. The number of hydrogen-bond donors (Lipinski definition) is 2. The number of aryl methyl sites for hydroxylation is 1. The van der Waals surface area contributed by atoms with Crippen LogP contribution >= 0.6 is 0 Å². The summed E-state index contributed by atoms with van der Waals surface area (Å²) < 4.78 is 28.6. The Morgan fingerprint density at radius 2 is 1.80 bits per heavy atom. The van der Waals surface area contributed by atoms with E-state index in [-0.39, 0.29) is 5.91 Å². The smallest absolute Gasteiger partial charge is 0.251 e. The maximum atomic E-state index is 14.2. The number of para-hydroxylation sites is 1. The summed E-state index contributed by atoms with van der Waals surface area (Å²) in [5.74, 6) is -0.0631. The van der Waals surface area contributed by atoms with E-state index in [9.17, 15) is 13.6 Å². The highest BCUT2D eigenvalue weighted by Crippen LogP contribution is 2.23. The van der Waals surface area contributed by atoms with E-state index in [0.29, 0.717) is 47.0 Å². The fraction of sp³-hybridized carbons (Fsp3) is 0.143. The summed E-state index contributed by atoms with van der Waals surface area (Å²) in [6, 6.07) is 11.6. The molecule has 0 unspecified atom stereocenters. The van der Waals surface area contributed by atoms with E-state index < -0.39 is 11.6 Å². The van der Waals surface area contributed by atoms with Gasteiger partial charge in [-0.25, -0.2) is 23.4 Å². The van der Waals surface area contributed by atoms with Gasteiger partial charge in [0.1, 0.15) is 29.0 Å². The topological polar surface area (TPSA) is 84.7 Å². The van der Waals surface area contributed by atoms with Crippen molar-refractivity contribution in [3.63, 3.8) is 0 Å². The molecule has 4 rings (SSSR count). The summed E-state index contributed by atoms with van der Waals surface area (Å²) in [4.78, 5) is 20.9. The lowest BCUT2D eigenvalue weighted by atomic mass is 10.2. The Bertz CT molecular complexity index is 1210. The molecular formula is C21H18F2N6O. The molecule has 2 N–H and O–H groups in total. The van der Waals surface area contributed by atoms with E-state index in [1.807, 2.05) is 0 Å². The zero-order chi connectivity index (χ0) is 21.1. The van der Waals surface area contributed by atoms with Gasteiger partial charge in [0.25, 0.3) is 5.91 Å². The van der Waals surface area contributed by atoms with Gasteiger partial charge in [-0.2, -0.15) is 5.10 Å². The molecule has 1 amide bonds. The molecule has 0 spiro atoms. The van der Waals surface area contributed by atoms with Crippen LogP contribution < -0.4 is 10.6 Å². The van der Waals surface area contributed by atoms with Gasteiger partial charge in [-0.15, -0.1) is 0 Å². The Balaban J connectivity index is 1.48. The van der Waals surface area contributed by atoms with Gasteiger partial charge >= 0.3 is 0 Å². The molecule has 30 heavy (non-hydrogen) atoms. The number of fused-ring (bicyclic) bond motifs is 1. The molecular weight excluding hydrogens is 390 g/mol. The number of carbonyl (C=O) groups is 1. The quantitative estimate of drug-likeness (QED) is 0.479. The number of carbonyl (C=O) groups excluding carboxylic acids is 1. The van der Waals surface area contributed by atoms with E-state index in [1.54, 1.807) is 31.3 Å². The monoisotopic (exact) mass is 408 g/mol. The van der Waals surface area contributed by atoms with Crippen molar-refractivity contribution in [1.82, 2.24) is 25.1 Å². The van der Waals surface area contributed by atoms with E-state index in [4.69, 9.17) is 0 Å². The first kappa shape index (κ1) is 19.4. The van der Waals surface area contributed by atoms with Crippen LogP contribution in [0.5, 0.6) is 0 Å². The highest BCUT2D eigenvalue weighted by Gasteiger charge is 2.15. The van der Waals surface area contributed by atoms with Crippen molar-refractivity contribution in [1.29, 1.82) is 0 Å². The number of hydrogen-bond acceptors (Lipinski definition) is 5. The van der Waals surface area contributed by atoms with Crippen LogP contribution in [0.25, 0.3) is 16.7 Å². The van der Waals surface area contributed by atoms with Crippen molar-refractivity contribution < 1.29 is 13.6 Å². The van der Waals surface area contributed by atoms with Gasteiger partial charge in [0.2, 0.25) is 0 Å². The largest absolute Gasteiger partial charge is 0.368 e. The van der Waals surface area contributed by atoms with Gasteiger partial charge in [-0.05, 0) is 43.3 Å². The lowest BCUT2D eigenvalue weighted by Crippen LogP contribution is -2.29. The molecule has 9 heteroatoms. The first-order valence-electron chi connectivity index (χ1n) is 9.28. The minimum Gasteiger partial charge on any atom is -0.368 e. The molecule has 2 heterocycles. The molecule has 0 radical (unpaired) electrons. The highest BCUT2D eigenvalue weighted by atomic mass is 19.1. The maximum absolute atomic E-state index is 14.2. The van der Waals surface area contributed by atoms with Gasteiger partial charge in [0.05, 0.1) is 11.6 Å². The van der Waals surface area contributed by atoms with Gasteiger partial charge in [-0.3, -0.25) is 4.79 Å². The van der Waals surface area contributed by atoms with Crippen molar-refractivity contribution in [3.05, 3.63) is 77.8 Å². The number of nitrogens with one attached hydrogen (secondary N) is 2. The summed E-state index contributed by atoms with van der Waals surface area (Å²) in [7, 11) is 0. The average molecular weight is 408 g/mol. The first-order valence-corrected chi connectivity index (χ1v) is 9.28. The number of aromatic nitrogens is 4. The predicted octanol–water partition coefficient (Wildman–Crippen LogP) is 3.24. The molecule has 0 atom stereocenters. The van der Waals surface area contributed by atoms with E-state index in [0.717, 1.165) is 0 Å². The Kier molecular flexibility index (Phi) is 5.34. The van der Waals surface area contributed by atoms with Gasteiger partial charge in [-0.1, -0.05) is 12.1 Å². The molecule has 0 saturated carbocycles. The van der Waals surface area contributed by atoms with E-state index in [2.05, 4.69) is 25.7 Å². The zero-order valence-electron chi connectivity index (χ0n) is 16.1. The number of rotatable bonds is 6. The maximum Gasteiger partial charge on any atom is 0.251 e. The van der Waals surface area contributed by atoms with E-state index in [1.165, 1.54) is 35.0 Å². The van der Waals surface area contributed by atoms with Crippen molar-refractivity contribution in [2.45, 2.75) is 6.92 Å². The van der Waals surface area contributed by atoms with Crippen LogP contribution in [0.4, 0.5) is 14.6 Å². The van der Waals surface area contributed by atoms with Crippen molar-refractivity contribution in [3.8, 4) is 5.69 Å². The Labute approximate surface area is 170 Å². The Hall–Kier alpha value is -3.88. The van der Waals surface area contributed by atoms with Crippen LogP contribution in [0.15, 0.2) is 54.7 Å². The van der Waals surface area contributed by atoms with Crippen molar-refractivity contribution in [2.75, 3.05) is 18.4 Å². The Morgan fingerprint density at radius 1 is 1.03 bits per heavy atom. The highest BCUT2D eigenvalue weighted by molar-refractivity contribution is 5.94. The standard InChI is InChI=1S/C21H18F2N6O/c1-13-27-19(24-10-11-25-21(30)14-6-8-15(22)9-7-14)16-12-26-29(20(16)28-13)18-5-3-2-4-17(18)23/h2-9,12H,10-11H2,1H3,(H,25,30)(H,24,27,28). The minimum atomic E-state index is -0.406. The molecule has 0 aliphatic heterocycles. The molecule has 0 aliphatic carbocycles. The molecule has 2 aromatic heterocycles. The van der Waals surface area contributed by atoms with Crippen LogP contribution in [-0.4, -0.2) is 38.7 Å². The molecule has 0 fully saturated rings. The fourth-order valence-electron chi connectivity index (χ4n) is 3.01. The van der Waals surface area contributed by atoms with Crippen molar-refractivity contribution >= 4 is 22.8 Å². The fourth-order valence-corrected chi connectivity index (χ4v) is 3.01. The van der Waals surface area contributed by atoms with Crippen LogP contribution in [-0.2, 0) is 0 Å². The summed E-state index contributed by atoms with van der Waals surface area (Å²) in [5.41, 5.74) is 1.15. The summed E-state index contributed by atoms with van der Waals surface area (Å²) >= 11 is 0. The first-order chi connectivity index (χ1) is 14.5. The number of halogens is 2. The molecule has 152 valence electrons. The average Bonchev–Trinajstić information content (AvgIpc) is 3.15. The van der Waals surface area contributed by atoms with E-state index >= 15 is 0 Å². The molecule has 0 saturated heterocycles. The number of nitrogens with zero attached hydrogens (tertiary/aromatic N) is 4. The normalized spacial score (nSPS) is 10.9. The predicted molar refractivity (Wildman–Crippen MR) is 109 cm³/mol. The number of anilines is 1. The number of benzene rings is 2. The lowest BCUT2D eigenvalue weighted by Gasteiger charge is -2.10. The third kappa shape index (κ3) is 3.95. The van der Waals surface area contributed by atoms with Crippen LogP contribution in [0.3, 0.4) is 0 Å². The molecule has 4 aromatic rings. The van der Waals surface area contributed by atoms with Crippen LogP contribution in [0.1, 0.15) is 16.2 Å². The molecule has 0 aliphatic rings. The van der Waals surface area contributed by atoms with Crippen LogP contribution in [0.2, 0.25) is 0 Å². The van der Waals surface area contributed by atoms with Gasteiger partial charge in [0.15, 0.2) is 5.65 Å².